The lowest BCUT2D eigenvalue weighted by molar-refractivity contribution is -0.380. The number of thiophene rings is 1. The van der Waals surface area contributed by atoms with Crippen molar-refractivity contribution < 1.29 is 14.5 Å². The summed E-state index contributed by atoms with van der Waals surface area (Å²) in [7, 11) is 3.05. The predicted molar refractivity (Wildman–Crippen MR) is 91.0 cm³/mol. The summed E-state index contributed by atoms with van der Waals surface area (Å²) in [5.74, 6) is -0.806. The summed E-state index contributed by atoms with van der Waals surface area (Å²) in [5.41, 5.74) is -0.473. The molecule has 0 aliphatic rings. The summed E-state index contributed by atoms with van der Waals surface area (Å²) in [6, 6.07) is 1.30. The van der Waals surface area contributed by atoms with Gasteiger partial charge in [0.25, 0.3) is 5.56 Å². The molecule has 0 saturated heterocycles. The Bertz CT molecular complexity index is 1140. The molecule has 11 nitrogen and oxygen atoms in total. The Hall–Kier alpha value is -3.28. The SMILES string of the molecule is Cn1cnc2c1c(=O)n(CC(=O)OCc1csc([N+](=O)[O-])c1)c(=O)n2C. The number of carbonyl (C=O) groups is 1. The van der Waals surface area contributed by atoms with Gasteiger partial charge in [-0.25, -0.2) is 14.3 Å². The van der Waals surface area contributed by atoms with Gasteiger partial charge in [-0.1, -0.05) is 11.3 Å². The van der Waals surface area contributed by atoms with Gasteiger partial charge in [0.15, 0.2) is 11.2 Å². The zero-order valence-corrected chi connectivity index (χ0v) is 14.6. The maximum absolute atomic E-state index is 12.5. The molecule has 0 saturated carbocycles. The van der Waals surface area contributed by atoms with Gasteiger partial charge >= 0.3 is 16.7 Å². The Morgan fingerprint density at radius 1 is 1.38 bits per heavy atom. The van der Waals surface area contributed by atoms with Gasteiger partial charge in [0.2, 0.25) is 0 Å². The molecule has 3 rings (SSSR count). The molecule has 0 fully saturated rings. The lowest BCUT2D eigenvalue weighted by Gasteiger charge is -2.08. The zero-order valence-electron chi connectivity index (χ0n) is 13.7. The number of aryl methyl sites for hydroxylation is 2. The third-order valence-corrected chi connectivity index (χ3v) is 4.64. The van der Waals surface area contributed by atoms with Gasteiger partial charge in [0, 0.05) is 31.1 Å². The molecule has 0 amide bonds. The molecule has 0 aliphatic carbocycles. The first-order valence-corrected chi connectivity index (χ1v) is 8.16. The van der Waals surface area contributed by atoms with Crippen molar-refractivity contribution in [2.45, 2.75) is 13.2 Å². The number of hydrogen-bond acceptors (Lipinski definition) is 8. The number of ether oxygens (including phenoxy) is 1. The first kappa shape index (κ1) is 17.5. The van der Waals surface area contributed by atoms with Gasteiger partial charge in [-0.15, -0.1) is 0 Å². The smallest absolute Gasteiger partial charge is 0.333 e. The Balaban J connectivity index is 1.81. The number of carbonyl (C=O) groups excluding carboxylic acids is 1. The molecule has 12 heteroatoms. The molecule has 0 atom stereocenters. The Labute approximate surface area is 148 Å². The lowest BCUT2D eigenvalue weighted by Crippen LogP contribution is -2.41. The Kier molecular flexibility index (Phi) is 4.42. The van der Waals surface area contributed by atoms with E-state index in [0.29, 0.717) is 5.56 Å². The number of fused-ring (bicyclic) bond motifs is 1. The van der Waals surface area contributed by atoms with Crippen LogP contribution in [0.5, 0.6) is 0 Å². The van der Waals surface area contributed by atoms with Crippen LogP contribution in [-0.4, -0.2) is 29.6 Å². The second kappa shape index (κ2) is 6.55. The number of esters is 1. The normalized spacial score (nSPS) is 11.0. The number of nitrogens with zero attached hydrogens (tertiary/aromatic N) is 5. The summed E-state index contributed by atoms with van der Waals surface area (Å²) in [4.78, 5) is 50.9. The Morgan fingerprint density at radius 2 is 2.12 bits per heavy atom. The lowest BCUT2D eigenvalue weighted by atomic mass is 10.3. The van der Waals surface area contributed by atoms with E-state index in [4.69, 9.17) is 4.74 Å². The van der Waals surface area contributed by atoms with Crippen molar-refractivity contribution in [1.82, 2.24) is 18.7 Å². The van der Waals surface area contributed by atoms with Gasteiger partial charge < -0.3 is 9.30 Å². The number of aromatic nitrogens is 4. The monoisotopic (exact) mass is 379 g/mol. The zero-order chi connectivity index (χ0) is 19.0. The van der Waals surface area contributed by atoms with E-state index in [9.17, 15) is 24.5 Å². The van der Waals surface area contributed by atoms with E-state index >= 15 is 0 Å². The van der Waals surface area contributed by atoms with E-state index in [1.165, 1.54) is 34.0 Å². The van der Waals surface area contributed by atoms with Gasteiger partial charge in [0.1, 0.15) is 13.2 Å². The van der Waals surface area contributed by atoms with E-state index in [0.717, 1.165) is 15.9 Å². The third kappa shape index (κ3) is 3.01. The van der Waals surface area contributed by atoms with Crippen LogP contribution >= 0.6 is 11.3 Å². The van der Waals surface area contributed by atoms with Gasteiger partial charge in [-0.2, -0.15) is 0 Å². The highest BCUT2D eigenvalue weighted by molar-refractivity contribution is 7.13. The van der Waals surface area contributed by atoms with Crippen LogP contribution in [0.4, 0.5) is 5.00 Å². The van der Waals surface area contributed by atoms with Crippen LogP contribution in [0.25, 0.3) is 11.2 Å². The van der Waals surface area contributed by atoms with Crippen molar-refractivity contribution in [3.05, 3.63) is 54.3 Å². The first-order valence-electron chi connectivity index (χ1n) is 7.28. The minimum atomic E-state index is -0.806. The van der Waals surface area contributed by atoms with Crippen molar-refractivity contribution in [1.29, 1.82) is 0 Å². The quantitative estimate of drug-likeness (QED) is 0.350. The second-order valence-electron chi connectivity index (χ2n) is 5.47. The van der Waals surface area contributed by atoms with Crippen molar-refractivity contribution in [2.24, 2.45) is 14.1 Å². The van der Waals surface area contributed by atoms with Crippen molar-refractivity contribution in [2.75, 3.05) is 0 Å². The second-order valence-corrected chi connectivity index (χ2v) is 6.36. The number of nitro groups is 1. The van der Waals surface area contributed by atoms with Crippen LogP contribution in [0.3, 0.4) is 0 Å². The highest BCUT2D eigenvalue weighted by Gasteiger charge is 2.18. The summed E-state index contributed by atoms with van der Waals surface area (Å²) < 4.78 is 8.41. The van der Waals surface area contributed by atoms with Gasteiger partial charge in [-0.3, -0.25) is 24.3 Å². The maximum atomic E-state index is 12.5. The highest BCUT2D eigenvalue weighted by atomic mass is 32.1. The molecule has 3 aromatic rings. The summed E-state index contributed by atoms with van der Waals surface area (Å²) in [5, 5.41) is 12.1. The van der Waals surface area contributed by atoms with Crippen molar-refractivity contribution >= 4 is 33.5 Å². The van der Waals surface area contributed by atoms with Gasteiger partial charge in [0.05, 0.1) is 11.3 Å². The fourth-order valence-corrected chi connectivity index (χ4v) is 3.12. The van der Waals surface area contributed by atoms with Crippen LogP contribution in [-0.2, 0) is 36.8 Å². The van der Waals surface area contributed by atoms with Crippen LogP contribution in [0.15, 0.2) is 27.4 Å². The molecule has 0 radical (unpaired) electrons. The van der Waals surface area contributed by atoms with E-state index in [2.05, 4.69) is 4.98 Å². The average Bonchev–Trinajstić information content (AvgIpc) is 3.22. The van der Waals surface area contributed by atoms with E-state index in [-0.39, 0.29) is 22.8 Å². The number of imidazole rings is 1. The largest absolute Gasteiger partial charge is 0.459 e. The standard InChI is InChI=1S/C14H13N5O6S/c1-16-7-15-12-11(16)13(21)18(14(22)17(12)2)4-10(20)25-5-8-3-9(19(23)24)26-6-8/h3,6-7H,4-5H2,1-2H3. The minimum Gasteiger partial charge on any atom is -0.459 e. The average molecular weight is 379 g/mol. The molecule has 0 unspecified atom stereocenters. The van der Waals surface area contributed by atoms with E-state index in [1.54, 1.807) is 7.05 Å². The molecule has 0 bridgehead atoms. The first-order chi connectivity index (χ1) is 12.3. The molecule has 0 spiro atoms. The fraction of sp³-hybridized carbons (Fsp3) is 0.286. The van der Waals surface area contributed by atoms with Crippen LogP contribution in [0, 0.1) is 10.1 Å². The molecule has 0 aromatic carbocycles. The molecule has 3 aromatic heterocycles. The number of hydrogen-bond donors (Lipinski definition) is 0. The summed E-state index contributed by atoms with van der Waals surface area (Å²) >= 11 is 0.916. The van der Waals surface area contributed by atoms with Crippen LogP contribution in [0.2, 0.25) is 0 Å². The fourth-order valence-electron chi connectivity index (χ4n) is 2.41. The van der Waals surface area contributed by atoms with Crippen molar-refractivity contribution in [3.8, 4) is 0 Å². The van der Waals surface area contributed by atoms with E-state index < -0.39 is 28.7 Å². The molecule has 26 heavy (non-hydrogen) atoms. The van der Waals surface area contributed by atoms with E-state index in [1.807, 2.05) is 0 Å². The van der Waals surface area contributed by atoms with Crippen LogP contribution in [0.1, 0.15) is 5.56 Å². The molecular formula is C14H13N5O6S. The summed E-state index contributed by atoms with van der Waals surface area (Å²) in [6.07, 6.45) is 1.40. The summed E-state index contributed by atoms with van der Waals surface area (Å²) in [6.45, 7) is -0.759. The molecule has 0 N–H and O–H groups in total. The molecule has 0 aliphatic heterocycles. The highest BCUT2D eigenvalue weighted by Crippen LogP contribution is 2.22. The predicted octanol–water partition coefficient (Wildman–Crippen LogP) is 0.147. The molecular weight excluding hydrogens is 366 g/mol. The van der Waals surface area contributed by atoms with Gasteiger partial charge in [-0.05, 0) is 0 Å². The third-order valence-electron chi connectivity index (χ3n) is 3.71. The minimum absolute atomic E-state index is 0.0669. The van der Waals surface area contributed by atoms with Crippen LogP contribution < -0.4 is 11.2 Å². The molecule has 136 valence electrons. The Morgan fingerprint density at radius 3 is 2.77 bits per heavy atom. The van der Waals surface area contributed by atoms with Crippen molar-refractivity contribution in [3.63, 3.8) is 0 Å². The number of rotatable bonds is 5. The molecule has 3 heterocycles. The topological polar surface area (TPSA) is 131 Å². The maximum Gasteiger partial charge on any atom is 0.333 e.